The van der Waals surface area contributed by atoms with Crippen LogP contribution in [0.5, 0.6) is 28.7 Å². The van der Waals surface area contributed by atoms with Gasteiger partial charge in [-0.25, -0.2) is 9.59 Å². The minimum absolute atomic E-state index is 0.0364. The number of esters is 1. The van der Waals surface area contributed by atoms with E-state index >= 15 is 0 Å². The molecule has 0 fully saturated rings. The summed E-state index contributed by atoms with van der Waals surface area (Å²) < 4.78 is 47.0. The van der Waals surface area contributed by atoms with Crippen LogP contribution in [0.1, 0.15) is 29.2 Å². The fraction of sp³-hybridized carbons (Fsp3) is 0.448. The summed E-state index contributed by atoms with van der Waals surface area (Å²) in [5, 5.41) is 8.64. The third-order valence-electron chi connectivity index (χ3n) is 7.29. The average Bonchev–Trinajstić information content (AvgIpc) is 2.95. The van der Waals surface area contributed by atoms with Crippen LogP contribution in [0, 0.1) is 0 Å². The number of fused-ring (bicyclic) bond motifs is 1. The van der Waals surface area contributed by atoms with Crippen LogP contribution in [0.2, 0.25) is 0 Å². The number of hydrogen-bond donors (Lipinski definition) is 1. The zero-order valence-electron chi connectivity index (χ0n) is 23.7. The first-order valence-corrected chi connectivity index (χ1v) is 12.8. The van der Waals surface area contributed by atoms with Crippen LogP contribution in [0.25, 0.3) is 0 Å². The number of carboxylic acid groups (broad SMARTS) is 1. The van der Waals surface area contributed by atoms with Crippen molar-refractivity contribution in [2.24, 2.45) is 0 Å². The summed E-state index contributed by atoms with van der Waals surface area (Å²) in [6.07, 6.45) is 2.03. The molecule has 2 aromatic rings. The molecule has 0 spiro atoms. The SMILES string of the molecule is COc1cc2c(cc1OC)[C@@H](Cc1cc(OC)c(OC)c(OC)c1)[N@+](C)(CCCOC(=O)C(F)=CC(=O)O)CC2. The second kappa shape index (κ2) is 13.4. The number of quaternary nitrogens is 1. The molecule has 1 aliphatic heterocycles. The van der Waals surface area contributed by atoms with Crippen molar-refractivity contribution in [1.82, 2.24) is 0 Å². The summed E-state index contributed by atoms with van der Waals surface area (Å²) in [7, 11) is 10.0. The van der Waals surface area contributed by atoms with Crippen molar-refractivity contribution in [3.8, 4) is 28.7 Å². The molecule has 218 valence electrons. The Hall–Kier alpha value is -3.99. The number of hydrogen-bond acceptors (Lipinski definition) is 8. The van der Waals surface area contributed by atoms with Gasteiger partial charge in [0.05, 0.1) is 68.4 Å². The van der Waals surface area contributed by atoms with Gasteiger partial charge in [-0.15, -0.1) is 0 Å². The first-order chi connectivity index (χ1) is 19.1. The van der Waals surface area contributed by atoms with E-state index in [1.165, 1.54) is 0 Å². The number of aliphatic carboxylic acids is 1. The third-order valence-corrected chi connectivity index (χ3v) is 7.29. The van der Waals surface area contributed by atoms with E-state index in [-0.39, 0.29) is 18.7 Å². The van der Waals surface area contributed by atoms with Crippen LogP contribution in [-0.2, 0) is 27.2 Å². The topological polar surface area (TPSA) is 110 Å². The highest BCUT2D eigenvalue weighted by Gasteiger charge is 2.40. The number of nitrogens with zero attached hydrogens (tertiary/aromatic N) is 1. The van der Waals surface area contributed by atoms with Gasteiger partial charge in [0.15, 0.2) is 23.0 Å². The Balaban J connectivity index is 1.94. The summed E-state index contributed by atoms with van der Waals surface area (Å²) in [6.45, 7) is 1.35. The van der Waals surface area contributed by atoms with Gasteiger partial charge in [-0.05, 0) is 35.4 Å². The average molecular weight is 563 g/mol. The molecule has 0 amide bonds. The molecule has 1 heterocycles. The number of carbonyl (C=O) groups excluding carboxylic acids is 1. The highest BCUT2D eigenvalue weighted by Crippen LogP contribution is 2.44. The number of methoxy groups -OCH3 is 5. The van der Waals surface area contributed by atoms with E-state index in [1.54, 1.807) is 35.5 Å². The lowest BCUT2D eigenvalue weighted by Gasteiger charge is -2.46. The van der Waals surface area contributed by atoms with Gasteiger partial charge in [-0.1, -0.05) is 0 Å². The van der Waals surface area contributed by atoms with Gasteiger partial charge in [0.2, 0.25) is 11.6 Å². The van der Waals surface area contributed by atoms with Gasteiger partial charge >= 0.3 is 11.9 Å². The monoisotopic (exact) mass is 562 g/mol. The lowest BCUT2D eigenvalue weighted by Crippen LogP contribution is -2.52. The second-order valence-corrected chi connectivity index (χ2v) is 9.66. The molecule has 2 aromatic carbocycles. The Kier molecular flexibility index (Phi) is 10.2. The maximum Gasteiger partial charge on any atom is 0.367 e. The predicted octanol–water partition coefficient (Wildman–Crippen LogP) is 3.89. The molecule has 3 rings (SSSR count). The van der Waals surface area contributed by atoms with Gasteiger partial charge in [0, 0.05) is 24.8 Å². The van der Waals surface area contributed by atoms with E-state index in [1.807, 2.05) is 24.3 Å². The van der Waals surface area contributed by atoms with Crippen molar-refractivity contribution >= 4 is 11.9 Å². The molecular formula is C29H37FNO9+. The van der Waals surface area contributed by atoms with E-state index in [4.69, 9.17) is 33.5 Å². The van der Waals surface area contributed by atoms with Gasteiger partial charge in [0.1, 0.15) is 6.04 Å². The third kappa shape index (κ3) is 6.77. The minimum Gasteiger partial charge on any atom is -0.493 e. The molecule has 40 heavy (non-hydrogen) atoms. The zero-order chi connectivity index (χ0) is 29.4. The maximum atomic E-state index is 13.6. The van der Waals surface area contributed by atoms with E-state index in [9.17, 15) is 14.0 Å². The van der Waals surface area contributed by atoms with E-state index in [0.717, 1.165) is 29.7 Å². The first kappa shape index (κ1) is 30.6. The number of halogens is 1. The summed E-state index contributed by atoms with van der Waals surface area (Å²) in [4.78, 5) is 22.4. The van der Waals surface area contributed by atoms with Gasteiger partial charge in [-0.3, -0.25) is 0 Å². The number of carbonyl (C=O) groups is 2. The van der Waals surface area contributed by atoms with Crippen molar-refractivity contribution in [2.75, 3.05) is 62.3 Å². The summed E-state index contributed by atoms with van der Waals surface area (Å²) >= 11 is 0. The molecule has 2 atom stereocenters. The van der Waals surface area contributed by atoms with Gasteiger partial charge < -0.3 is 38.0 Å². The Morgan fingerprint density at radius 3 is 2.10 bits per heavy atom. The molecule has 0 radical (unpaired) electrons. The van der Waals surface area contributed by atoms with Crippen LogP contribution in [0.15, 0.2) is 36.2 Å². The highest BCUT2D eigenvalue weighted by atomic mass is 19.1. The van der Waals surface area contributed by atoms with Crippen LogP contribution in [0.3, 0.4) is 0 Å². The number of ether oxygens (including phenoxy) is 6. The van der Waals surface area contributed by atoms with E-state index in [2.05, 4.69) is 7.05 Å². The molecule has 10 nitrogen and oxygen atoms in total. The molecule has 0 unspecified atom stereocenters. The zero-order valence-corrected chi connectivity index (χ0v) is 23.7. The molecule has 1 N–H and O–H groups in total. The molecule has 11 heteroatoms. The number of carboxylic acids is 1. The second-order valence-electron chi connectivity index (χ2n) is 9.66. The fourth-order valence-electron chi connectivity index (χ4n) is 5.23. The van der Waals surface area contributed by atoms with Crippen molar-refractivity contribution < 1.29 is 52.0 Å². The summed E-state index contributed by atoms with van der Waals surface area (Å²) in [5.74, 6) is -1.39. The number of benzene rings is 2. The summed E-state index contributed by atoms with van der Waals surface area (Å²) in [5.41, 5.74) is 3.23. The van der Waals surface area contributed by atoms with Gasteiger partial charge in [-0.2, -0.15) is 4.39 Å². The smallest absolute Gasteiger partial charge is 0.367 e. The van der Waals surface area contributed by atoms with Crippen molar-refractivity contribution in [2.45, 2.75) is 25.3 Å². The largest absolute Gasteiger partial charge is 0.493 e. The Morgan fingerprint density at radius 1 is 0.950 bits per heavy atom. The van der Waals surface area contributed by atoms with Gasteiger partial charge in [0.25, 0.3) is 0 Å². The van der Waals surface area contributed by atoms with E-state index in [0.29, 0.717) is 52.6 Å². The molecule has 0 aromatic heterocycles. The van der Waals surface area contributed by atoms with Crippen molar-refractivity contribution in [1.29, 1.82) is 0 Å². The Morgan fingerprint density at radius 2 is 1.55 bits per heavy atom. The van der Waals surface area contributed by atoms with Crippen LogP contribution in [-0.4, -0.2) is 83.8 Å². The van der Waals surface area contributed by atoms with Crippen molar-refractivity contribution in [3.63, 3.8) is 0 Å². The molecule has 0 bridgehead atoms. The maximum absolute atomic E-state index is 13.6. The molecular weight excluding hydrogens is 525 g/mol. The van der Waals surface area contributed by atoms with Crippen molar-refractivity contribution in [3.05, 3.63) is 52.9 Å². The predicted molar refractivity (Wildman–Crippen MR) is 144 cm³/mol. The van der Waals surface area contributed by atoms with E-state index < -0.39 is 17.8 Å². The quantitative estimate of drug-likeness (QED) is 0.168. The fourth-order valence-corrected chi connectivity index (χ4v) is 5.23. The number of likely N-dealkylation sites (N-methyl/N-ethyl adjacent to an activating group) is 1. The molecule has 1 aliphatic rings. The Bertz CT molecular complexity index is 1240. The lowest BCUT2D eigenvalue weighted by molar-refractivity contribution is -0.941. The normalized spacial score (nSPS) is 18.4. The van der Waals surface area contributed by atoms with Crippen LogP contribution in [0.4, 0.5) is 4.39 Å². The molecule has 0 saturated carbocycles. The van der Waals surface area contributed by atoms with Crippen LogP contribution < -0.4 is 23.7 Å². The summed E-state index contributed by atoms with van der Waals surface area (Å²) in [6, 6.07) is 7.85. The lowest BCUT2D eigenvalue weighted by atomic mass is 9.86. The Labute approximate surface area is 233 Å². The first-order valence-electron chi connectivity index (χ1n) is 12.8. The van der Waals surface area contributed by atoms with Crippen LogP contribution >= 0.6 is 0 Å². The minimum atomic E-state index is -1.55. The molecule has 0 aliphatic carbocycles. The number of rotatable bonds is 13. The standard InChI is InChI=1S/C29H36FNO9/c1-31(9-7-11-40-29(34)21(30)17-27(32)33)10-8-19-15-23(35-2)24(36-3)16-20(19)22(31)12-18-13-25(37-4)28(39-6)26(14-18)38-5/h13-17,22H,7-12H2,1-6H3/p+1/t22-,31-/m1/s1. The molecule has 0 saturated heterocycles. The highest BCUT2D eigenvalue weighted by molar-refractivity contribution is 5.93.